The van der Waals surface area contributed by atoms with Crippen molar-refractivity contribution in [1.82, 2.24) is 4.98 Å². The van der Waals surface area contributed by atoms with Gasteiger partial charge >= 0.3 is 12.0 Å². The van der Waals surface area contributed by atoms with Crippen LogP contribution in [0.3, 0.4) is 0 Å². The molecule has 10 heteroatoms. The summed E-state index contributed by atoms with van der Waals surface area (Å²) in [4.78, 5) is 28.0. The molecule has 0 aliphatic rings. The zero-order valence-electron chi connectivity index (χ0n) is 14.3. The molecule has 140 valence electrons. The Morgan fingerprint density at radius 1 is 1.07 bits per heavy atom. The van der Waals surface area contributed by atoms with Crippen molar-refractivity contribution >= 4 is 54.2 Å². The normalized spacial score (nSPS) is 11.2. The number of carbonyl (C=O) groups is 2. The molecule has 0 aliphatic heterocycles. The smallest absolute Gasteiger partial charge is 0.337 e. The van der Waals surface area contributed by atoms with Gasteiger partial charge in [0.05, 0.1) is 27.8 Å². The molecule has 2 amide bonds. The van der Waals surface area contributed by atoms with Crippen LogP contribution in [0, 0.1) is 0 Å². The summed E-state index contributed by atoms with van der Waals surface area (Å²) < 4.78 is 28.5. The van der Waals surface area contributed by atoms with Crippen molar-refractivity contribution in [3.05, 3.63) is 48.0 Å². The van der Waals surface area contributed by atoms with E-state index in [0.717, 1.165) is 6.26 Å². The van der Waals surface area contributed by atoms with Gasteiger partial charge in [0.2, 0.25) is 0 Å². The summed E-state index contributed by atoms with van der Waals surface area (Å²) in [7, 11) is -2.02. The Balaban J connectivity index is 1.71. The molecular formula is C17H15N3O5S2. The SMILES string of the molecule is COC(=O)c1ccc(NC(=O)Nc2nc3ccc(S(C)(=O)=O)cc3s2)cc1. The number of benzene rings is 2. The van der Waals surface area contributed by atoms with E-state index in [2.05, 4.69) is 20.4 Å². The fraction of sp³-hybridized carbons (Fsp3) is 0.118. The van der Waals surface area contributed by atoms with E-state index < -0.39 is 21.8 Å². The maximum absolute atomic E-state index is 12.1. The van der Waals surface area contributed by atoms with Gasteiger partial charge in [-0.05, 0) is 42.5 Å². The minimum Gasteiger partial charge on any atom is -0.465 e. The van der Waals surface area contributed by atoms with E-state index in [9.17, 15) is 18.0 Å². The molecule has 0 saturated carbocycles. The second-order valence-electron chi connectivity index (χ2n) is 5.57. The van der Waals surface area contributed by atoms with Crippen molar-refractivity contribution in [2.24, 2.45) is 0 Å². The highest BCUT2D eigenvalue weighted by atomic mass is 32.2. The zero-order valence-corrected chi connectivity index (χ0v) is 16.0. The molecule has 0 radical (unpaired) electrons. The number of amides is 2. The van der Waals surface area contributed by atoms with Crippen LogP contribution in [0.5, 0.6) is 0 Å². The predicted molar refractivity (Wildman–Crippen MR) is 103 cm³/mol. The molecule has 0 unspecified atom stereocenters. The van der Waals surface area contributed by atoms with Crippen molar-refractivity contribution in [1.29, 1.82) is 0 Å². The van der Waals surface area contributed by atoms with E-state index in [-0.39, 0.29) is 4.90 Å². The molecule has 1 aromatic heterocycles. The lowest BCUT2D eigenvalue weighted by molar-refractivity contribution is 0.0600. The average molecular weight is 405 g/mol. The maximum Gasteiger partial charge on any atom is 0.337 e. The summed E-state index contributed by atoms with van der Waals surface area (Å²) >= 11 is 1.17. The number of methoxy groups -OCH3 is 1. The highest BCUT2D eigenvalue weighted by Gasteiger charge is 2.12. The Morgan fingerprint density at radius 2 is 1.78 bits per heavy atom. The van der Waals surface area contributed by atoms with Crippen LogP contribution in [-0.4, -0.2) is 38.8 Å². The Labute approximate surface area is 159 Å². The molecule has 2 aromatic carbocycles. The minimum absolute atomic E-state index is 0.195. The van der Waals surface area contributed by atoms with E-state index in [4.69, 9.17) is 0 Å². The molecule has 3 aromatic rings. The van der Waals surface area contributed by atoms with Gasteiger partial charge in [-0.25, -0.2) is 23.0 Å². The summed E-state index contributed by atoms with van der Waals surface area (Å²) in [6.45, 7) is 0. The number of hydrogen-bond donors (Lipinski definition) is 2. The maximum atomic E-state index is 12.1. The second kappa shape index (κ2) is 7.33. The predicted octanol–water partition coefficient (Wildman–Crippen LogP) is 3.13. The fourth-order valence-corrected chi connectivity index (χ4v) is 3.88. The molecule has 3 rings (SSSR count). The fourth-order valence-electron chi connectivity index (χ4n) is 2.26. The Morgan fingerprint density at radius 3 is 2.41 bits per heavy atom. The molecule has 2 N–H and O–H groups in total. The molecule has 0 saturated heterocycles. The summed E-state index contributed by atoms with van der Waals surface area (Å²) in [5.41, 5.74) is 1.45. The number of nitrogens with zero attached hydrogens (tertiary/aromatic N) is 1. The monoisotopic (exact) mass is 405 g/mol. The van der Waals surface area contributed by atoms with Crippen LogP contribution in [0.25, 0.3) is 10.2 Å². The number of ether oxygens (including phenoxy) is 1. The molecule has 27 heavy (non-hydrogen) atoms. The number of hydrogen-bond acceptors (Lipinski definition) is 7. The third kappa shape index (κ3) is 4.41. The van der Waals surface area contributed by atoms with Crippen molar-refractivity contribution in [3.63, 3.8) is 0 Å². The first kappa shape index (κ1) is 18.8. The van der Waals surface area contributed by atoms with Crippen LogP contribution >= 0.6 is 11.3 Å². The van der Waals surface area contributed by atoms with Gasteiger partial charge in [-0.2, -0.15) is 0 Å². The van der Waals surface area contributed by atoms with Crippen molar-refractivity contribution in [2.75, 3.05) is 24.0 Å². The number of fused-ring (bicyclic) bond motifs is 1. The number of aromatic nitrogens is 1. The van der Waals surface area contributed by atoms with Crippen LogP contribution in [0.1, 0.15) is 10.4 Å². The molecule has 0 spiro atoms. The molecule has 0 aliphatic carbocycles. The lowest BCUT2D eigenvalue weighted by atomic mass is 10.2. The summed E-state index contributed by atoms with van der Waals surface area (Å²) in [5, 5.41) is 5.56. The first-order valence-corrected chi connectivity index (χ1v) is 10.3. The van der Waals surface area contributed by atoms with Gasteiger partial charge in [-0.15, -0.1) is 0 Å². The standard InChI is InChI=1S/C17H15N3O5S2/c1-25-15(21)10-3-5-11(6-4-10)18-16(22)20-17-19-13-8-7-12(27(2,23)24)9-14(13)26-17/h3-9H,1-2H3,(H2,18,19,20,22). The third-order valence-electron chi connectivity index (χ3n) is 3.57. The van der Waals surface area contributed by atoms with Crippen LogP contribution in [0.4, 0.5) is 15.6 Å². The van der Waals surface area contributed by atoms with E-state index in [0.29, 0.717) is 26.6 Å². The van der Waals surface area contributed by atoms with E-state index in [1.54, 1.807) is 18.2 Å². The number of sulfone groups is 1. The van der Waals surface area contributed by atoms with Crippen LogP contribution < -0.4 is 10.6 Å². The van der Waals surface area contributed by atoms with Gasteiger partial charge in [0, 0.05) is 11.9 Å². The topological polar surface area (TPSA) is 114 Å². The Bertz CT molecular complexity index is 1120. The van der Waals surface area contributed by atoms with Gasteiger partial charge in [0.1, 0.15) is 0 Å². The van der Waals surface area contributed by atoms with E-state index in [1.807, 2.05) is 0 Å². The lowest BCUT2D eigenvalue weighted by Gasteiger charge is -2.06. The molecule has 1 heterocycles. The lowest BCUT2D eigenvalue weighted by Crippen LogP contribution is -2.19. The quantitative estimate of drug-likeness (QED) is 0.645. The first-order chi connectivity index (χ1) is 12.8. The number of esters is 1. The summed E-state index contributed by atoms with van der Waals surface area (Å²) in [5.74, 6) is -0.464. The molecule has 0 atom stereocenters. The number of urea groups is 1. The molecule has 8 nitrogen and oxygen atoms in total. The van der Waals surface area contributed by atoms with Gasteiger partial charge in [-0.3, -0.25) is 5.32 Å². The van der Waals surface area contributed by atoms with Gasteiger partial charge in [0.25, 0.3) is 0 Å². The number of anilines is 2. The number of carbonyl (C=O) groups excluding carboxylic acids is 2. The van der Waals surface area contributed by atoms with Crippen molar-refractivity contribution in [3.8, 4) is 0 Å². The van der Waals surface area contributed by atoms with Gasteiger partial charge in [0.15, 0.2) is 15.0 Å². The Kier molecular flexibility index (Phi) is 5.10. The van der Waals surface area contributed by atoms with Gasteiger partial charge in [-0.1, -0.05) is 11.3 Å². The van der Waals surface area contributed by atoms with Crippen LogP contribution in [0.15, 0.2) is 47.4 Å². The van der Waals surface area contributed by atoms with E-state index >= 15 is 0 Å². The van der Waals surface area contributed by atoms with Gasteiger partial charge < -0.3 is 10.1 Å². The van der Waals surface area contributed by atoms with Crippen molar-refractivity contribution in [2.45, 2.75) is 4.90 Å². The average Bonchev–Trinajstić information content (AvgIpc) is 3.02. The zero-order chi connectivity index (χ0) is 19.6. The van der Waals surface area contributed by atoms with Crippen LogP contribution in [0.2, 0.25) is 0 Å². The number of nitrogens with one attached hydrogen (secondary N) is 2. The van der Waals surface area contributed by atoms with E-state index in [1.165, 1.54) is 42.7 Å². The summed E-state index contributed by atoms with van der Waals surface area (Å²) in [6.07, 6.45) is 1.13. The van der Waals surface area contributed by atoms with Crippen LogP contribution in [-0.2, 0) is 14.6 Å². The molecule has 0 fully saturated rings. The summed E-state index contributed by atoms with van der Waals surface area (Å²) in [6, 6.07) is 10.3. The largest absolute Gasteiger partial charge is 0.465 e. The molecule has 0 bridgehead atoms. The Hall–Kier alpha value is -2.98. The highest BCUT2D eigenvalue weighted by Crippen LogP contribution is 2.28. The third-order valence-corrected chi connectivity index (χ3v) is 5.62. The molecular weight excluding hydrogens is 390 g/mol. The first-order valence-electron chi connectivity index (χ1n) is 7.63. The van der Waals surface area contributed by atoms with Crippen molar-refractivity contribution < 1.29 is 22.7 Å². The number of thiazole rings is 1. The minimum atomic E-state index is -3.31. The second-order valence-corrected chi connectivity index (χ2v) is 8.62. The highest BCUT2D eigenvalue weighted by molar-refractivity contribution is 7.90. The number of rotatable bonds is 4.